The zero-order valence-corrected chi connectivity index (χ0v) is 16.8. The molecule has 0 fully saturated rings. The first-order chi connectivity index (χ1) is 13.4. The van der Waals surface area contributed by atoms with Gasteiger partial charge in [-0.1, -0.05) is 41.6 Å². The van der Waals surface area contributed by atoms with Crippen LogP contribution in [-0.4, -0.2) is 26.4 Å². The molecular weight excluding hydrogens is 403 g/mol. The molecule has 0 saturated heterocycles. The third kappa shape index (κ3) is 5.02. The molecule has 1 unspecified atom stereocenters. The van der Waals surface area contributed by atoms with Gasteiger partial charge in [0.2, 0.25) is 5.91 Å². The molecule has 6 nitrogen and oxygen atoms in total. The molecule has 3 aromatic rings. The van der Waals surface area contributed by atoms with Crippen molar-refractivity contribution in [1.29, 1.82) is 0 Å². The Bertz CT molecular complexity index is 982. The van der Waals surface area contributed by atoms with Gasteiger partial charge in [0.05, 0.1) is 10.8 Å². The minimum atomic E-state index is -0.407. The summed E-state index contributed by atoms with van der Waals surface area (Å²) in [6.07, 6.45) is -0.382. The summed E-state index contributed by atoms with van der Waals surface area (Å²) in [5.74, 6) is 0.607. The van der Waals surface area contributed by atoms with Crippen LogP contribution in [0.4, 0.5) is 10.1 Å². The van der Waals surface area contributed by atoms with Crippen molar-refractivity contribution in [3.05, 3.63) is 65.2 Å². The van der Waals surface area contributed by atoms with Gasteiger partial charge >= 0.3 is 0 Å². The van der Waals surface area contributed by atoms with E-state index in [4.69, 9.17) is 16.3 Å². The Balaban J connectivity index is 1.59. The molecule has 0 radical (unpaired) electrons. The van der Waals surface area contributed by atoms with Crippen molar-refractivity contribution in [2.24, 2.45) is 7.05 Å². The Labute approximate surface area is 171 Å². The predicted octanol–water partition coefficient (Wildman–Crippen LogP) is 4.48. The highest BCUT2D eigenvalue weighted by atomic mass is 35.5. The second-order valence-corrected chi connectivity index (χ2v) is 7.29. The van der Waals surface area contributed by atoms with E-state index in [0.717, 1.165) is 0 Å². The molecule has 3 rings (SSSR count). The average Bonchev–Trinajstić information content (AvgIpc) is 3.02. The molecule has 2 aromatic carbocycles. The molecule has 0 aliphatic carbocycles. The van der Waals surface area contributed by atoms with Crippen molar-refractivity contribution in [3.63, 3.8) is 0 Å². The minimum Gasteiger partial charge on any atom is -0.481 e. The Morgan fingerprint density at radius 2 is 2.07 bits per heavy atom. The largest absolute Gasteiger partial charge is 0.481 e. The Kier molecular flexibility index (Phi) is 6.53. The lowest BCUT2D eigenvalue weighted by Crippen LogP contribution is -2.15. The van der Waals surface area contributed by atoms with Crippen LogP contribution in [0, 0.1) is 5.82 Å². The van der Waals surface area contributed by atoms with Gasteiger partial charge < -0.3 is 14.6 Å². The van der Waals surface area contributed by atoms with Crippen LogP contribution in [-0.2, 0) is 11.8 Å². The van der Waals surface area contributed by atoms with Crippen molar-refractivity contribution in [2.75, 3.05) is 11.1 Å². The minimum absolute atomic E-state index is 0.113. The first kappa shape index (κ1) is 20.2. The SMILES string of the molecule is CC(Oc1ccccc1Cl)c1nnc(SCC(=O)Nc2cccc(F)c2)n1C. The summed E-state index contributed by atoms with van der Waals surface area (Å²) in [5, 5.41) is 12.0. The van der Waals surface area contributed by atoms with Gasteiger partial charge in [-0.25, -0.2) is 4.39 Å². The molecule has 0 aliphatic rings. The predicted molar refractivity (Wildman–Crippen MR) is 107 cm³/mol. The summed E-state index contributed by atoms with van der Waals surface area (Å²) in [7, 11) is 1.80. The number of nitrogens with zero attached hydrogens (tertiary/aromatic N) is 3. The third-order valence-electron chi connectivity index (χ3n) is 3.81. The van der Waals surface area contributed by atoms with E-state index in [-0.39, 0.29) is 17.8 Å². The molecule has 146 valence electrons. The summed E-state index contributed by atoms with van der Waals surface area (Å²) in [6, 6.07) is 12.9. The standard InChI is InChI=1S/C19H18ClFN4O2S/c1-12(27-16-9-4-3-8-15(16)20)18-23-24-19(25(18)2)28-11-17(26)22-14-7-5-6-13(21)10-14/h3-10,12H,11H2,1-2H3,(H,22,26). The van der Waals surface area contributed by atoms with E-state index in [1.165, 1.54) is 30.0 Å². The molecular formula is C19H18ClFN4O2S. The topological polar surface area (TPSA) is 69.0 Å². The van der Waals surface area contributed by atoms with E-state index in [2.05, 4.69) is 15.5 Å². The van der Waals surface area contributed by atoms with E-state index in [0.29, 0.717) is 27.4 Å². The molecule has 1 aromatic heterocycles. The maximum Gasteiger partial charge on any atom is 0.234 e. The lowest BCUT2D eigenvalue weighted by Gasteiger charge is -2.15. The maximum absolute atomic E-state index is 13.2. The smallest absolute Gasteiger partial charge is 0.234 e. The molecule has 1 heterocycles. The van der Waals surface area contributed by atoms with Gasteiger partial charge in [-0.3, -0.25) is 4.79 Å². The van der Waals surface area contributed by atoms with Gasteiger partial charge in [-0.2, -0.15) is 0 Å². The van der Waals surface area contributed by atoms with Crippen LogP contribution in [0.2, 0.25) is 5.02 Å². The lowest BCUT2D eigenvalue weighted by molar-refractivity contribution is -0.113. The second-order valence-electron chi connectivity index (χ2n) is 5.94. The van der Waals surface area contributed by atoms with Gasteiger partial charge in [0.1, 0.15) is 11.6 Å². The van der Waals surface area contributed by atoms with Gasteiger partial charge in [-0.05, 0) is 37.3 Å². The number of rotatable bonds is 7. The van der Waals surface area contributed by atoms with Gasteiger partial charge in [0, 0.05) is 12.7 Å². The van der Waals surface area contributed by atoms with Gasteiger partial charge in [0.25, 0.3) is 0 Å². The van der Waals surface area contributed by atoms with Crippen LogP contribution >= 0.6 is 23.4 Å². The van der Waals surface area contributed by atoms with Crippen molar-refractivity contribution >= 4 is 35.0 Å². The number of benzene rings is 2. The summed E-state index contributed by atoms with van der Waals surface area (Å²) in [4.78, 5) is 12.1. The fourth-order valence-electron chi connectivity index (χ4n) is 2.48. The number of thioether (sulfide) groups is 1. The van der Waals surface area contributed by atoms with Crippen molar-refractivity contribution in [3.8, 4) is 5.75 Å². The monoisotopic (exact) mass is 420 g/mol. The van der Waals surface area contributed by atoms with E-state index in [1.807, 2.05) is 19.1 Å². The molecule has 0 aliphatic heterocycles. The molecule has 9 heteroatoms. The molecule has 1 amide bonds. The average molecular weight is 421 g/mol. The zero-order valence-electron chi connectivity index (χ0n) is 15.2. The number of amides is 1. The number of carbonyl (C=O) groups is 1. The Morgan fingerprint density at radius 1 is 1.29 bits per heavy atom. The van der Waals surface area contributed by atoms with Crippen LogP contribution in [0.1, 0.15) is 18.9 Å². The molecule has 0 spiro atoms. The fourth-order valence-corrected chi connectivity index (χ4v) is 3.38. The lowest BCUT2D eigenvalue weighted by atomic mass is 10.3. The summed E-state index contributed by atoms with van der Waals surface area (Å²) in [6.45, 7) is 1.85. The van der Waals surface area contributed by atoms with Crippen LogP contribution in [0.15, 0.2) is 53.7 Å². The van der Waals surface area contributed by atoms with Crippen LogP contribution in [0.5, 0.6) is 5.75 Å². The van der Waals surface area contributed by atoms with Crippen molar-refractivity contribution < 1.29 is 13.9 Å². The Hall–Kier alpha value is -2.58. The van der Waals surface area contributed by atoms with E-state index < -0.39 is 5.82 Å². The number of ether oxygens (including phenoxy) is 1. The maximum atomic E-state index is 13.2. The highest BCUT2D eigenvalue weighted by Crippen LogP contribution is 2.29. The van der Waals surface area contributed by atoms with Crippen molar-refractivity contribution in [1.82, 2.24) is 14.8 Å². The van der Waals surface area contributed by atoms with E-state index in [1.54, 1.807) is 29.8 Å². The quantitative estimate of drug-likeness (QED) is 0.571. The normalized spacial score (nSPS) is 11.9. The number of nitrogens with one attached hydrogen (secondary N) is 1. The van der Waals surface area contributed by atoms with Gasteiger partial charge in [0.15, 0.2) is 17.1 Å². The number of halogens is 2. The second kappa shape index (κ2) is 9.07. The van der Waals surface area contributed by atoms with Crippen LogP contribution in [0.3, 0.4) is 0 Å². The number of hydrogen-bond acceptors (Lipinski definition) is 5. The Morgan fingerprint density at radius 3 is 2.82 bits per heavy atom. The molecule has 0 bridgehead atoms. The highest BCUT2D eigenvalue weighted by Gasteiger charge is 2.19. The summed E-state index contributed by atoms with van der Waals surface area (Å²) >= 11 is 7.35. The number of para-hydroxylation sites is 1. The molecule has 0 saturated carbocycles. The van der Waals surface area contributed by atoms with E-state index in [9.17, 15) is 9.18 Å². The third-order valence-corrected chi connectivity index (χ3v) is 5.15. The number of hydrogen-bond donors (Lipinski definition) is 1. The summed E-state index contributed by atoms with van der Waals surface area (Å²) in [5.41, 5.74) is 0.408. The van der Waals surface area contributed by atoms with Crippen LogP contribution in [0.25, 0.3) is 0 Å². The molecule has 1 atom stereocenters. The number of carbonyl (C=O) groups excluding carboxylic acids is 1. The molecule has 28 heavy (non-hydrogen) atoms. The number of aromatic nitrogens is 3. The summed E-state index contributed by atoms with van der Waals surface area (Å²) < 4.78 is 20.8. The van der Waals surface area contributed by atoms with Crippen LogP contribution < -0.4 is 10.1 Å². The fraction of sp³-hybridized carbons (Fsp3) is 0.211. The first-order valence-corrected chi connectivity index (χ1v) is 9.79. The van der Waals surface area contributed by atoms with E-state index >= 15 is 0 Å². The van der Waals surface area contributed by atoms with Crippen molar-refractivity contribution in [2.45, 2.75) is 18.2 Å². The number of anilines is 1. The molecule has 1 N–H and O–H groups in total. The zero-order chi connectivity index (χ0) is 20.1. The highest BCUT2D eigenvalue weighted by molar-refractivity contribution is 7.99. The van der Waals surface area contributed by atoms with Gasteiger partial charge in [-0.15, -0.1) is 10.2 Å². The first-order valence-electron chi connectivity index (χ1n) is 8.42.